The van der Waals surface area contributed by atoms with Crippen LogP contribution in [0, 0.1) is 0 Å². The van der Waals surface area contributed by atoms with Crippen LogP contribution in [0.2, 0.25) is 0 Å². The van der Waals surface area contributed by atoms with Crippen molar-refractivity contribution in [1.82, 2.24) is 10.0 Å². The maximum absolute atomic E-state index is 12.2. The van der Waals surface area contributed by atoms with Gasteiger partial charge in [0.25, 0.3) is 0 Å². The molecular formula is C12H20N2O2S2. The molecule has 1 aliphatic carbocycles. The molecule has 0 amide bonds. The van der Waals surface area contributed by atoms with Crippen LogP contribution < -0.4 is 10.0 Å². The molecule has 0 unspecified atom stereocenters. The molecule has 1 aromatic rings. The van der Waals surface area contributed by atoms with Crippen molar-refractivity contribution < 1.29 is 8.42 Å². The van der Waals surface area contributed by atoms with Gasteiger partial charge in [-0.3, -0.25) is 0 Å². The maximum Gasteiger partial charge on any atom is 0.241 e. The van der Waals surface area contributed by atoms with E-state index in [0.717, 1.165) is 43.6 Å². The van der Waals surface area contributed by atoms with Gasteiger partial charge in [-0.25, -0.2) is 13.1 Å². The highest BCUT2D eigenvalue weighted by Crippen LogP contribution is 2.23. The van der Waals surface area contributed by atoms with E-state index in [0.29, 0.717) is 4.90 Å². The highest BCUT2D eigenvalue weighted by Gasteiger charge is 2.23. The van der Waals surface area contributed by atoms with Crippen molar-refractivity contribution in [3.8, 4) is 0 Å². The van der Waals surface area contributed by atoms with Crippen molar-refractivity contribution in [2.75, 3.05) is 6.54 Å². The molecule has 6 heteroatoms. The molecule has 0 aliphatic heterocycles. The molecule has 102 valence electrons. The van der Waals surface area contributed by atoms with Crippen molar-refractivity contribution in [2.45, 2.75) is 50.1 Å². The number of sulfonamides is 1. The van der Waals surface area contributed by atoms with E-state index in [4.69, 9.17) is 0 Å². The van der Waals surface area contributed by atoms with Gasteiger partial charge in [0, 0.05) is 22.8 Å². The van der Waals surface area contributed by atoms with Crippen molar-refractivity contribution in [1.29, 1.82) is 0 Å². The molecular weight excluding hydrogens is 268 g/mol. The lowest BCUT2D eigenvalue weighted by molar-refractivity contribution is 0.552. The van der Waals surface area contributed by atoms with E-state index < -0.39 is 10.0 Å². The molecule has 0 saturated heterocycles. The second-order valence-electron chi connectivity index (χ2n) is 4.63. The van der Waals surface area contributed by atoms with Crippen LogP contribution in [-0.2, 0) is 16.6 Å². The summed E-state index contributed by atoms with van der Waals surface area (Å²) in [5.74, 6) is 0. The molecule has 0 radical (unpaired) electrons. The summed E-state index contributed by atoms with van der Waals surface area (Å²) in [7, 11) is -3.32. The Morgan fingerprint density at radius 2 is 2.11 bits per heavy atom. The van der Waals surface area contributed by atoms with Gasteiger partial charge in [-0.15, -0.1) is 11.3 Å². The first-order chi connectivity index (χ1) is 8.62. The predicted octanol–water partition coefficient (Wildman–Crippen LogP) is 2.08. The van der Waals surface area contributed by atoms with Crippen LogP contribution in [0.25, 0.3) is 0 Å². The summed E-state index contributed by atoms with van der Waals surface area (Å²) in [6.07, 6.45) is 4.19. The summed E-state index contributed by atoms with van der Waals surface area (Å²) in [4.78, 5) is 1.47. The number of nitrogens with one attached hydrogen (secondary N) is 2. The zero-order valence-corrected chi connectivity index (χ0v) is 12.2. The van der Waals surface area contributed by atoms with Gasteiger partial charge in [0.05, 0.1) is 4.90 Å². The Balaban J connectivity index is 2.02. The maximum atomic E-state index is 12.2. The minimum atomic E-state index is -3.32. The van der Waals surface area contributed by atoms with Gasteiger partial charge in [0.1, 0.15) is 0 Å². The van der Waals surface area contributed by atoms with E-state index in [9.17, 15) is 8.42 Å². The second kappa shape index (κ2) is 6.14. The predicted molar refractivity (Wildman–Crippen MR) is 74.3 cm³/mol. The largest absolute Gasteiger partial charge is 0.312 e. The van der Waals surface area contributed by atoms with Crippen molar-refractivity contribution >= 4 is 21.4 Å². The summed E-state index contributed by atoms with van der Waals surface area (Å²) in [5.41, 5.74) is 0. The van der Waals surface area contributed by atoms with Crippen LogP contribution in [0.1, 0.15) is 37.5 Å². The van der Waals surface area contributed by atoms with E-state index >= 15 is 0 Å². The number of hydrogen-bond donors (Lipinski definition) is 2. The average Bonchev–Trinajstić information content (AvgIpc) is 2.96. The minimum absolute atomic E-state index is 0.132. The fourth-order valence-electron chi connectivity index (χ4n) is 2.17. The first kappa shape index (κ1) is 14.0. The summed E-state index contributed by atoms with van der Waals surface area (Å²) in [5, 5.41) is 4.92. The smallest absolute Gasteiger partial charge is 0.241 e. The van der Waals surface area contributed by atoms with Crippen LogP contribution in [0.5, 0.6) is 0 Å². The van der Waals surface area contributed by atoms with Crippen molar-refractivity contribution in [3.05, 3.63) is 16.3 Å². The Morgan fingerprint density at radius 1 is 1.39 bits per heavy atom. The van der Waals surface area contributed by atoms with E-state index in [-0.39, 0.29) is 6.04 Å². The third kappa shape index (κ3) is 3.54. The average molecular weight is 288 g/mol. The Labute approximate surface area is 113 Å². The van der Waals surface area contributed by atoms with E-state index in [2.05, 4.69) is 10.0 Å². The minimum Gasteiger partial charge on any atom is -0.312 e. The lowest BCUT2D eigenvalue weighted by atomic mass is 10.3. The van der Waals surface area contributed by atoms with E-state index in [1.807, 2.05) is 6.92 Å². The van der Waals surface area contributed by atoms with Gasteiger partial charge in [-0.2, -0.15) is 0 Å². The standard InChI is InChI=1S/C12H20N2O2S2/c1-2-13-8-11-7-12(9-17-11)18(15,16)14-10-5-3-4-6-10/h7,9-10,13-14H,2-6,8H2,1H3. The normalized spacial score (nSPS) is 17.4. The van der Waals surface area contributed by atoms with Crippen LogP contribution in [0.3, 0.4) is 0 Å². The Hall–Kier alpha value is -0.430. The lowest BCUT2D eigenvalue weighted by Crippen LogP contribution is -2.32. The highest BCUT2D eigenvalue weighted by molar-refractivity contribution is 7.89. The molecule has 0 aromatic carbocycles. The van der Waals surface area contributed by atoms with Crippen LogP contribution in [0.15, 0.2) is 16.3 Å². The molecule has 4 nitrogen and oxygen atoms in total. The molecule has 1 saturated carbocycles. The topological polar surface area (TPSA) is 58.2 Å². The van der Waals surface area contributed by atoms with Gasteiger partial charge >= 0.3 is 0 Å². The molecule has 2 rings (SSSR count). The SMILES string of the molecule is CCNCc1cc(S(=O)(=O)NC2CCCC2)cs1. The van der Waals surface area contributed by atoms with Crippen LogP contribution in [0.4, 0.5) is 0 Å². The van der Waals surface area contributed by atoms with Gasteiger partial charge in [0.2, 0.25) is 10.0 Å². The molecule has 1 heterocycles. The Bertz CT molecular complexity index is 476. The zero-order chi connectivity index (χ0) is 13.0. The van der Waals surface area contributed by atoms with E-state index in [1.165, 1.54) is 11.3 Å². The summed E-state index contributed by atoms with van der Waals surface area (Å²) in [6, 6.07) is 1.90. The lowest BCUT2D eigenvalue weighted by Gasteiger charge is -2.11. The molecule has 1 aromatic heterocycles. The molecule has 1 fully saturated rings. The van der Waals surface area contributed by atoms with Crippen LogP contribution in [-0.4, -0.2) is 21.0 Å². The fourth-order valence-corrected chi connectivity index (χ4v) is 4.72. The molecule has 0 spiro atoms. The first-order valence-electron chi connectivity index (χ1n) is 6.42. The Kier molecular flexibility index (Phi) is 4.77. The zero-order valence-electron chi connectivity index (χ0n) is 10.6. The first-order valence-corrected chi connectivity index (χ1v) is 8.78. The van der Waals surface area contributed by atoms with Gasteiger partial charge in [0.15, 0.2) is 0 Å². The quantitative estimate of drug-likeness (QED) is 0.842. The van der Waals surface area contributed by atoms with Gasteiger partial charge < -0.3 is 5.32 Å². The fraction of sp³-hybridized carbons (Fsp3) is 0.667. The third-order valence-corrected chi connectivity index (χ3v) is 5.75. The van der Waals surface area contributed by atoms with Crippen molar-refractivity contribution in [3.63, 3.8) is 0 Å². The van der Waals surface area contributed by atoms with Gasteiger partial charge in [-0.1, -0.05) is 19.8 Å². The molecule has 0 atom stereocenters. The van der Waals surface area contributed by atoms with Gasteiger partial charge in [-0.05, 0) is 25.5 Å². The number of rotatable bonds is 6. The molecule has 2 N–H and O–H groups in total. The summed E-state index contributed by atoms with van der Waals surface area (Å²) >= 11 is 1.49. The number of hydrogen-bond acceptors (Lipinski definition) is 4. The monoisotopic (exact) mass is 288 g/mol. The third-order valence-electron chi connectivity index (χ3n) is 3.17. The number of thiophene rings is 1. The summed E-state index contributed by atoms with van der Waals surface area (Å²) in [6.45, 7) is 3.66. The second-order valence-corrected chi connectivity index (χ2v) is 7.34. The molecule has 18 heavy (non-hydrogen) atoms. The van der Waals surface area contributed by atoms with E-state index in [1.54, 1.807) is 11.4 Å². The van der Waals surface area contributed by atoms with Crippen LogP contribution >= 0.6 is 11.3 Å². The molecule has 0 bridgehead atoms. The highest BCUT2D eigenvalue weighted by atomic mass is 32.2. The molecule has 1 aliphatic rings. The summed E-state index contributed by atoms with van der Waals surface area (Å²) < 4.78 is 27.1. The Morgan fingerprint density at radius 3 is 2.78 bits per heavy atom. The van der Waals surface area contributed by atoms with Crippen molar-refractivity contribution in [2.24, 2.45) is 0 Å².